The van der Waals surface area contributed by atoms with Crippen LogP contribution in [-0.2, 0) is 6.54 Å². The van der Waals surface area contributed by atoms with Crippen molar-refractivity contribution in [2.75, 3.05) is 31.1 Å². The van der Waals surface area contributed by atoms with Gasteiger partial charge in [0.25, 0.3) is 0 Å². The van der Waals surface area contributed by atoms with Gasteiger partial charge < -0.3 is 28.1 Å². The summed E-state index contributed by atoms with van der Waals surface area (Å²) in [6.07, 6.45) is 1.20. The third-order valence-electron chi connectivity index (χ3n) is 6.18. The number of carbonyl (C=O) groups is 1. The van der Waals surface area contributed by atoms with Crippen LogP contribution in [0.4, 0.5) is 14.9 Å². The Morgan fingerprint density at radius 2 is 1.94 bits per heavy atom. The largest absolute Gasteiger partial charge is 0.519 e. The lowest BCUT2D eigenvalue weighted by Gasteiger charge is -2.36. The predicted molar refractivity (Wildman–Crippen MR) is 120 cm³/mol. The molecule has 1 saturated carbocycles. The number of aryl methyl sites for hydroxylation is 1. The predicted octanol–water partition coefficient (Wildman–Crippen LogP) is 3.36. The van der Waals surface area contributed by atoms with E-state index in [4.69, 9.17) is 25.5 Å². The summed E-state index contributed by atoms with van der Waals surface area (Å²) in [6.45, 7) is 4.08. The summed E-state index contributed by atoms with van der Waals surface area (Å²) in [5.74, 6) is -0.861. The van der Waals surface area contributed by atoms with Crippen molar-refractivity contribution in [1.82, 2.24) is 9.47 Å². The summed E-state index contributed by atoms with van der Waals surface area (Å²) in [5.41, 5.74) is -0.452. The number of piperazine rings is 1. The Bertz CT molecular complexity index is 1400. The van der Waals surface area contributed by atoms with Gasteiger partial charge in [0.2, 0.25) is 5.43 Å². The number of rotatable bonds is 5. The third kappa shape index (κ3) is 4.05. The highest BCUT2D eigenvalue weighted by molar-refractivity contribution is 6.34. The standard InChI is InChI=1S/C22H21ClFN3O7/c1-11-15(34-22(31)32-11)9-25-4-6-26(7-5-25)19-14(23)8-13-18(17(19)24)27(12-2-3-12)10-16(20(13)28)33-21(29)30/h8,10,12H,2-7,9H2,1H3,(H,29,30). The van der Waals surface area contributed by atoms with Crippen LogP contribution in [0.25, 0.3) is 10.9 Å². The van der Waals surface area contributed by atoms with Crippen molar-refractivity contribution in [3.05, 3.63) is 55.5 Å². The van der Waals surface area contributed by atoms with Gasteiger partial charge in [0.15, 0.2) is 17.3 Å². The first kappa shape index (κ1) is 22.5. The monoisotopic (exact) mass is 493 g/mol. The Kier molecular flexibility index (Phi) is 5.61. The van der Waals surface area contributed by atoms with Crippen molar-refractivity contribution in [1.29, 1.82) is 0 Å². The Morgan fingerprint density at radius 1 is 1.24 bits per heavy atom. The molecule has 0 amide bonds. The van der Waals surface area contributed by atoms with Crippen LogP contribution in [0.2, 0.25) is 5.02 Å². The van der Waals surface area contributed by atoms with Gasteiger partial charge in [-0.25, -0.2) is 14.0 Å². The summed E-state index contributed by atoms with van der Waals surface area (Å²) >= 11 is 6.45. The number of hydrogen-bond donors (Lipinski definition) is 1. The molecule has 3 heterocycles. The Morgan fingerprint density at radius 3 is 2.53 bits per heavy atom. The first-order valence-electron chi connectivity index (χ1n) is 10.8. The third-order valence-corrected chi connectivity index (χ3v) is 6.47. The molecule has 1 saturated heterocycles. The minimum Gasteiger partial charge on any atom is -0.449 e. The molecule has 2 fully saturated rings. The molecule has 0 radical (unpaired) electrons. The van der Waals surface area contributed by atoms with Crippen LogP contribution in [0.3, 0.4) is 0 Å². The highest BCUT2D eigenvalue weighted by Gasteiger charge is 2.31. The molecule has 1 aromatic carbocycles. The number of nitrogens with zero attached hydrogens (tertiary/aromatic N) is 3. The fourth-order valence-corrected chi connectivity index (χ4v) is 4.67. The molecule has 0 atom stereocenters. The molecular formula is C22H21ClFN3O7. The van der Waals surface area contributed by atoms with Crippen molar-refractivity contribution in [2.24, 2.45) is 0 Å². The molecule has 5 rings (SSSR count). The van der Waals surface area contributed by atoms with Gasteiger partial charge in [0.05, 0.1) is 34.4 Å². The highest BCUT2D eigenvalue weighted by Crippen LogP contribution is 2.41. The quantitative estimate of drug-likeness (QED) is 0.533. The summed E-state index contributed by atoms with van der Waals surface area (Å²) in [5, 5.41) is 8.99. The van der Waals surface area contributed by atoms with E-state index < -0.39 is 23.2 Å². The molecule has 12 heteroatoms. The summed E-state index contributed by atoms with van der Waals surface area (Å²) in [6, 6.07) is 1.33. The SMILES string of the molecule is Cc1oc(=O)oc1CN1CCN(c2c(Cl)cc3c(=O)c(OC(=O)O)cn(C4CC4)c3c2F)CC1. The van der Waals surface area contributed by atoms with Gasteiger partial charge in [-0.1, -0.05) is 11.6 Å². The fraction of sp³-hybridized carbons (Fsp3) is 0.409. The van der Waals surface area contributed by atoms with Crippen LogP contribution in [-0.4, -0.2) is 46.9 Å². The van der Waals surface area contributed by atoms with Crippen LogP contribution >= 0.6 is 11.6 Å². The van der Waals surface area contributed by atoms with E-state index in [0.29, 0.717) is 44.2 Å². The molecular weight excluding hydrogens is 473 g/mol. The van der Waals surface area contributed by atoms with E-state index in [1.165, 1.54) is 12.3 Å². The second-order valence-electron chi connectivity index (χ2n) is 8.44. The lowest BCUT2D eigenvalue weighted by atomic mass is 10.1. The summed E-state index contributed by atoms with van der Waals surface area (Å²) < 4.78 is 32.1. The number of pyridine rings is 1. The Labute approximate surface area is 196 Å². The number of halogens is 2. The second-order valence-corrected chi connectivity index (χ2v) is 8.85. The van der Waals surface area contributed by atoms with Gasteiger partial charge in [-0.3, -0.25) is 9.69 Å². The first-order chi connectivity index (χ1) is 16.2. The first-order valence-corrected chi connectivity index (χ1v) is 11.1. The van der Waals surface area contributed by atoms with Gasteiger partial charge in [0, 0.05) is 32.2 Å². The number of hydrogen-bond acceptors (Lipinski definition) is 8. The average molecular weight is 494 g/mol. The minimum absolute atomic E-state index is 0.0269. The van der Waals surface area contributed by atoms with Gasteiger partial charge in [0.1, 0.15) is 5.76 Å². The maximum atomic E-state index is 15.9. The number of fused-ring (bicyclic) bond motifs is 1. The number of ether oxygens (including phenoxy) is 1. The molecule has 0 bridgehead atoms. The minimum atomic E-state index is -1.62. The molecule has 2 aliphatic rings. The molecule has 34 heavy (non-hydrogen) atoms. The normalized spacial score (nSPS) is 16.9. The van der Waals surface area contributed by atoms with E-state index in [0.717, 1.165) is 12.8 Å². The van der Waals surface area contributed by atoms with E-state index in [1.807, 2.05) is 4.90 Å². The van der Waals surface area contributed by atoms with Crippen molar-refractivity contribution in [2.45, 2.75) is 32.4 Å². The summed E-state index contributed by atoms with van der Waals surface area (Å²) in [4.78, 5) is 39.0. The second kappa shape index (κ2) is 8.48. The molecule has 3 aromatic rings. The molecule has 10 nitrogen and oxygen atoms in total. The van der Waals surface area contributed by atoms with Crippen LogP contribution in [0.5, 0.6) is 5.75 Å². The van der Waals surface area contributed by atoms with E-state index in [-0.39, 0.29) is 33.4 Å². The zero-order valence-corrected chi connectivity index (χ0v) is 18.9. The lowest BCUT2D eigenvalue weighted by molar-refractivity contribution is 0.143. The maximum Gasteiger partial charge on any atom is 0.519 e. The summed E-state index contributed by atoms with van der Waals surface area (Å²) in [7, 11) is 0. The number of benzene rings is 1. The van der Waals surface area contributed by atoms with Crippen molar-refractivity contribution >= 4 is 34.3 Å². The number of carboxylic acid groups (broad SMARTS) is 1. The van der Waals surface area contributed by atoms with E-state index >= 15 is 4.39 Å². The molecule has 180 valence electrons. The molecule has 1 N–H and O–H groups in total. The Hall–Kier alpha value is -3.31. The zero-order chi connectivity index (χ0) is 24.1. The van der Waals surface area contributed by atoms with Gasteiger partial charge >= 0.3 is 12.0 Å². The fourth-order valence-electron chi connectivity index (χ4n) is 4.36. The molecule has 0 spiro atoms. The number of aromatic nitrogens is 1. The van der Waals surface area contributed by atoms with Crippen LogP contribution < -0.4 is 20.9 Å². The average Bonchev–Trinajstić information content (AvgIpc) is 3.56. The van der Waals surface area contributed by atoms with E-state index in [1.54, 1.807) is 11.5 Å². The number of anilines is 1. The zero-order valence-electron chi connectivity index (χ0n) is 18.2. The molecule has 1 aliphatic carbocycles. The maximum absolute atomic E-state index is 15.9. The van der Waals surface area contributed by atoms with Crippen molar-refractivity contribution in [3.63, 3.8) is 0 Å². The van der Waals surface area contributed by atoms with Gasteiger partial charge in [-0.05, 0) is 25.8 Å². The Balaban J connectivity index is 1.47. The van der Waals surface area contributed by atoms with Gasteiger partial charge in [-0.15, -0.1) is 0 Å². The van der Waals surface area contributed by atoms with Crippen molar-refractivity contribution in [3.8, 4) is 5.75 Å². The van der Waals surface area contributed by atoms with Crippen LogP contribution in [0, 0.1) is 12.7 Å². The van der Waals surface area contributed by atoms with Crippen molar-refractivity contribution < 1.29 is 27.9 Å². The molecule has 1 aliphatic heterocycles. The molecule has 0 unspecified atom stereocenters. The van der Waals surface area contributed by atoms with Crippen LogP contribution in [0.1, 0.15) is 30.4 Å². The van der Waals surface area contributed by atoms with Gasteiger partial charge in [-0.2, -0.15) is 0 Å². The van der Waals surface area contributed by atoms with E-state index in [2.05, 4.69) is 9.64 Å². The topological polar surface area (TPSA) is 118 Å². The van der Waals surface area contributed by atoms with E-state index in [9.17, 15) is 14.4 Å². The molecule has 2 aromatic heterocycles. The smallest absolute Gasteiger partial charge is 0.449 e. The lowest BCUT2D eigenvalue weighted by Crippen LogP contribution is -2.46. The highest BCUT2D eigenvalue weighted by atomic mass is 35.5. The van der Waals surface area contributed by atoms with Crippen LogP contribution in [0.15, 0.2) is 30.7 Å².